The van der Waals surface area contributed by atoms with Crippen molar-refractivity contribution in [3.8, 4) is 0 Å². The molecule has 5 heteroatoms. The first-order valence-electron chi connectivity index (χ1n) is 6.53. The molecular formula is C14H19N3OS. The Morgan fingerprint density at radius 2 is 2.37 bits per heavy atom. The summed E-state index contributed by atoms with van der Waals surface area (Å²) < 4.78 is 0. The van der Waals surface area contributed by atoms with Gasteiger partial charge in [0.15, 0.2) is 5.11 Å². The van der Waals surface area contributed by atoms with E-state index < -0.39 is 0 Å². The molecule has 0 aliphatic carbocycles. The van der Waals surface area contributed by atoms with E-state index in [-0.39, 0.29) is 11.9 Å². The lowest BCUT2D eigenvalue weighted by atomic mass is 10.1. The Morgan fingerprint density at radius 1 is 1.58 bits per heavy atom. The number of hydrogen-bond acceptors (Lipinski definition) is 2. The van der Waals surface area contributed by atoms with E-state index in [1.165, 1.54) is 6.92 Å². The van der Waals surface area contributed by atoms with Gasteiger partial charge in [0, 0.05) is 25.7 Å². The van der Waals surface area contributed by atoms with Gasteiger partial charge in [0.2, 0.25) is 5.91 Å². The second kappa shape index (κ2) is 6.02. The molecule has 1 fully saturated rings. The number of anilines is 1. The van der Waals surface area contributed by atoms with Gasteiger partial charge in [0.1, 0.15) is 0 Å². The fourth-order valence-electron chi connectivity index (χ4n) is 2.28. The molecule has 1 aromatic rings. The number of rotatable bonds is 4. The minimum Gasteiger partial charge on any atom is -0.354 e. The molecule has 1 amide bonds. The van der Waals surface area contributed by atoms with Crippen LogP contribution < -0.4 is 10.6 Å². The number of benzene rings is 1. The number of amides is 1. The zero-order chi connectivity index (χ0) is 13.8. The summed E-state index contributed by atoms with van der Waals surface area (Å²) in [6.45, 7) is 5.52. The van der Waals surface area contributed by atoms with Crippen LogP contribution in [0.4, 0.5) is 5.69 Å². The molecule has 1 aliphatic rings. The van der Waals surface area contributed by atoms with E-state index in [1.54, 1.807) is 0 Å². The predicted octanol–water partition coefficient (Wildman–Crippen LogP) is 2.29. The van der Waals surface area contributed by atoms with Gasteiger partial charge in [0.25, 0.3) is 0 Å². The summed E-state index contributed by atoms with van der Waals surface area (Å²) in [5.41, 5.74) is 1.97. The molecule has 0 radical (unpaired) electrons. The summed E-state index contributed by atoms with van der Waals surface area (Å²) in [5, 5.41) is 6.95. The molecule has 102 valence electrons. The summed E-state index contributed by atoms with van der Waals surface area (Å²) in [6, 6.07) is 8.10. The maximum absolute atomic E-state index is 11.1. The van der Waals surface area contributed by atoms with Crippen molar-refractivity contribution in [2.75, 3.05) is 18.4 Å². The number of nitrogens with zero attached hydrogens (tertiary/aromatic N) is 1. The van der Waals surface area contributed by atoms with Crippen LogP contribution in [-0.2, 0) is 4.79 Å². The van der Waals surface area contributed by atoms with E-state index in [0.717, 1.165) is 35.9 Å². The van der Waals surface area contributed by atoms with Gasteiger partial charge in [-0.2, -0.15) is 0 Å². The van der Waals surface area contributed by atoms with Crippen molar-refractivity contribution in [1.82, 2.24) is 10.2 Å². The van der Waals surface area contributed by atoms with E-state index in [0.29, 0.717) is 0 Å². The van der Waals surface area contributed by atoms with Gasteiger partial charge in [0.05, 0.1) is 6.04 Å². The predicted molar refractivity (Wildman–Crippen MR) is 81.1 cm³/mol. The van der Waals surface area contributed by atoms with Crippen LogP contribution >= 0.6 is 12.2 Å². The maximum Gasteiger partial charge on any atom is 0.221 e. The second-order valence-electron chi connectivity index (χ2n) is 4.75. The Morgan fingerprint density at radius 3 is 3.05 bits per heavy atom. The Kier molecular flexibility index (Phi) is 4.37. The van der Waals surface area contributed by atoms with Crippen LogP contribution in [0.1, 0.15) is 31.9 Å². The number of carbonyl (C=O) groups is 1. The average molecular weight is 277 g/mol. The van der Waals surface area contributed by atoms with Gasteiger partial charge in [-0.05, 0) is 36.3 Å². The van der Waals surface area contributed by atoms with Crippen molar-refractivity contribution in [3.05, 3.63) is 29.8 Å². The molecule has 0 spiro atoms. The van der Waals surface area contributed by atoms with E-state index in [1.807, 2.05) is 18.2 Å². The lowest BCUT2D eigenvalue weighted by Crippen LogP contribution is -2.28. The average Bonchev–Trinajstić information content (AvgIpc) is 2.71. The van der Waals surface area contributed by atoms with Gasteiger partial charge in [-0.25, -0.2) is 0 Å². The van der Waals surface area contributed by atoms with Crippen molar-refractivity contribution in [1.29, 1.82) is 0 Å². The van der Waals surface area contributed by atoms with Crippen LogP contribution in [0, 0.1) is 0 Å². The van der Waals surface area contributed by atoms with Crippen molar-refractivity contribution >= 4 is 28.9 Å². The highest BCUT2D eigenvalue weighted by atomic mass is 32.1. The lowest BCUT2D eigenvalue weighted by Gasteiger charge is -2.15. The smallest absolute Gasteiger partial charge is 0.221 e. The minimum absolute atomic E-state index is 0.0559. The molecule has 19 heavy (non-hydrogen) atoms. The standard InChI is InChI=1S/C14H19N3OS/c1-3-7-17-9-13(16-14(17)19)11-5-4-6-12(8-11)15-10(2)18/h4-6,8,13H,3,7,9H2,1-2H3,(H,15,18)(H,16,19). The summed E-state index contributed by atoms with van der Waals surface area (Å²) in [4.78, 5) is 13.3. The summed E-state index contributed by atoms with van der Waals surface area (Å²) in [6.07, 6.45) is 1.08. The van der Waals surface area contributed by atoms with Gasteiger partial charge in [-0.15, -0.1) is 0 Å². The molecule has 4 nitrogen and oxygen atoms in total. The lowest BCUT2D eigenvalue weighted by molar-refractivity contribution is -0.114. The normalized spacial score (nSPS) is 18.3. The Labute approximate surface area is 119 Å². The van der Waals surface area contributed by atoms with Crippen molar-refractivity contribution in [2.45, 2.75) is 26.3 Å². The quantitative estimate of drug-likeness (QED) is 0.829. The van der Waals surface area contributed by atoms with Gasteiger partial charge in [-0.1, -0.05) is 19.1 Å². The van der Waals surface area contributed by atoms with Crippen molar-refractivity contribution in [2.24, 2.45) is 0 Å². The van der Waals surface area contributed by atoms with Gasteiger partial charge in [-0.3, -0.25) is 4.79 Å². The minimum atomic E-state index is -0.0559. The van der Waals surface area contributed by atoms with E-state index in [9.17, 15) is 4.79 Å². The highest BCUT2D eigenvalue weighted by Crippen LogP contribution is 2.23. The molecule has 2 N–H and O–H groups in total. The number of nitrogens with one attached hydrogen (secondary N) is 2. The van der Waals surface area contributed by atoms with E-state index >= 15 is 0 Å². The van der Waals surface area contributed by atoms with Gasteiger partial charge < -0.3 is 15.5 Å². The molecule has 0 aromatic heterocycles. The molecule has 1 heterocycles. The topological polar surface area (TPSA) is 44.4 Å². The highest BCUT2D eigenvalue weighted by molar-refractivity contribution is 7.80. The molecule has 0 saturated carbocycles. The Bertz CT molecular complexity index is 489. The number of carbonyl (C=O) groups excluding carboxylic acids is 1. The van der Waals surface area contributed by atoms with Gasteiger partial charge >= 0.3 is 0 Å². The zero-order valence-electron chi connectivity index (χ0n) is 11.3. The molecular weight excluding hydrogens is 258 g/mol. The summed E-state index contributed by atoms with van der Waals surface area (Å²) >= 11 is 5.33. The summed E-state index contributed by atoms with van der Waals surface area (Å²) in [7, 11) is 0. The monoisotopic (exact) mass is 277 g/mol. The van der Waals surface area contributed by atoms with Crippen LogP contribution in [0.5, 0.6) is 0 Å². The molecule has 1 aromatic carbocycles. The molecule has 1 saturated heterocycles. The number of thiocarbonyl (C=S) groups is 1. The van der Waals surface area contributed by atoms with Crippen LogP contribution in [0.15, 0.2) is 24.3 Å². The Hall–Kier alpha value is -1.62. The van der Waals surface area contributed by atoms with Crippen LogP contribution in [-0.4, -0.2) is 29.0 Å². The van der Waals surface area contributed by atoms with Crippen LogP contribution in [0.25, 0.3) is 0 Å². The SMILES string of the molecule is CCCN1CC(c2cccc(NC(C)=O)c2)NC1=S. The van der Waals surface area contributed by atoms with E-state index in [2.05, 4.69) is 28.5 Å². The largest absolute Gasteiger partial charge is 0.354 e. The fraction of sp³-hybridized carbons (Fsp3) is 0.429. The van der Waals surface area contributed by atoms with Crippen LogP contribution in [0.3, 0.4) is 0 Å². The highest BCUT2D eigenvalue weighted by Gasteiger charge is 2.26. The molecule has 1 atom stereocenters. The third-order valence-corrected chi connectivity index (χ3v) is 3.47. The van der Waals surface area contributed by atoms with E-state index in [4.69, 9.17) is 12.2 Å². The molecule has 1 aliphatic heterocycles. The second-order valence-corrected chi connectivity index (χ2v) is 5.14. The van der Waals surface area contributed by atoms with Crippen LogP contribution in [0.2, 0.25) is 0 Å². The molecule has 0 bridgehead atoms. The first-order valence-corrected chi connectivity index (χ1v) is 6.94. The summed E-state index contributed by atoms with van der Waals surface area (Å²) in [5.74, 6) is -0.0559. The first-order chi connectivity index (χ1) is 9.10. The third kappa shape index (κ3) is 3.44. The fourth-order valence-corrected chi connectivity index (χ4v) is 2.59. The molecule has 2 rings (SSSR count). The van der Waals surface area contributed by atoms with Crippen molar-refractivity contribution < 1.29 is 4.79 Å². The third-order valence-electron chi connectivity index (χ3n) is 3.09. The first kappa shape index (κ1) is 13.8. The zero-order valence-corrected chi connectivity index (χ0v) is 12.1. The number of hydrogen-bond donors (Lipinski definition) is 2. The maximum atomic E-state index is 11.1. The molecule has 1 unspecified atom stereocenters. The van der Waals surface area contributed by atoms with Crippen molar-refractivity contribution in [3.63, 3.8) is 0 Å². The Balaban J connectivity index is 2.10.